The van der Waals surface area contributed by atoms with E-state index in [2.05, 4.69) is 5.32 Å². The van der Waals surface area contributed by atoms with Gasteiger partial charge in [-0.05, 0) is 0 Å². The van der Waals surface area contributed by atoms with Gasteiger partial charge in [-0.3, -0.25) is 0 Å². The van der Waals surface area contributed by atoms with Crippen molar-refractivity contribution in [1.29, 1.82) is 0 Å². The molecule has 0 aromatic heterocycles. The molecule has 2 heterocycles. The van der Waals surface area contributed by atoms with Crippen molar-refractivity contribution in [2.24, 2.45) is 0 Å². The summed E-state index contributed by atoms with van der Waals surface area (Å²) in [5.74, 6) is 0.447. The van der Waals surface area contributed by atoms with E-state index in [0.29, 0.717) is 6.61 Å². The highest BCUT2D eigenvalue weighted by molar-refractivity contribution is 7.91. The quantitative estimate of drug-likeness (QED) is 0.503. The molecule has 4 nitrogen and oxygen atoms in total. The molecule has 11 heavy (non-hydrogen) atoms. The van der Waals surface area contributed by atoms with Crippen LogP contribution in [0.1, 0.15) is 0 Å². The van der Waals surface area contributed by atoms with Crippen molar-refractivity contribution in [3.8, 4) is 0 Å². The molecular weight excluding hydrogens is 166 g/mol. The predicted molar refractivity (Wildman–Crippen MR) is 40.2 cm³/mol. The van der Waals surface area contributed by atoms with Crippen LogP contribution in [-0.4, -0.2) is 45.2 Å². The third-order valence-corrected chi connectivity index (χ3v) is 3.84. The normalized spacial score (nSPS) is 41.8. The number of hydrogen-bond donors (Lipinski definition) is 1. The summed E-state index contributed by atoms with van der Waals surface area (Å²) in [5.41, 5.74) is 0. The molecule has 0 spiro atoms. The van der Waals surface area contributed by atoms with E-state index in [9.17, 15) is 8.42 Å². The summed E-state index contributed by atoms with van der Waals surface area (Å²) in [7, 11) is -2.82. The Hall–Kier alpha value is -0.130. The van der Waals surface area contributed by atoms with Crippen LogP contribution in [0.4, 0.5) is 0 Å². The zero-order valence-corrected chi connectivity index (χ0v) is 6.93. The largest absolute Gasteiger partial charge is 0.374 e. The summed E-state index contributed by atoms with van der Waals surface area (Å²) in [4.78, 5) is 0. The SMILES string of the molecule is O=S1(=O)C[C@@H]2OCCN[C@@H]2C1. The van der Waals surface area contributed by atoms with Gasteiger partial charge in [0.15, 0.2) is 9.84 Å². The maximum absolute atomic E-state index is 11.1. The molecule has 2 aliphatic heterocycles. The van der Waals surface area contributed by atoms with Crippen LogP contribution in [0.2, 0.25) is 0 Å². The van der Waals surface area contributed by atoms with E-state index in [1.54, 1.807) is 0 Å². The fourth-order valence-corrected chi connectivity index (χ4v) is 3.47. The zero-order chi connectivity index (χ0) is 7.90. The Morgan fingerprint density at radius 1 is 1.36 bits per heavy atom. The smallest absolute Gasteiger partial charge is 0.154 e. The van der Waals surface area contributed by atoms with Gasteiger partial charge < -0.3 is 10.1 Å². The predicted octanol–water partition coefficient (Wildman–Crippen LogP) is -1.23. The Balaban J connectivity index is 2.15. The van der Waals surface area contributed by atoms with Crippen molar-refractivity contribution < 1.29 is 13.2 Å². The summed E-state index contributed by atoms with van der Waals surface area (Å²) in [6, 6.07) is 0.0498. The van der Waals surface area contributed by atoms with E-state index in [1.165, 1.54) is 0 Å². The van der Waals surface area contributed by atoms with Crippen molar-refractivity contribution in [2.75, 3.05) is 24.7 Å². The minimum absolute atomic E-state index is 0.0498. The number of hydrogen-bond acceptors (Lipinski definition) is 4. The first-order valence-electron chi connectivity index (χ1n) is 3.73. The van der Waals surface area contributed by atoms with Crippen LogP contribution in [0.25, 0.3) is 0 Å². The van der Waals surface area contributed by atoms with Crippen LogP contribution >= 0.6 is 0 Å². The van der Waals surface area contributed by atoms with Gasteiger partial charge in [0.25, 0.3) is 0 Å². The number of rotatable bonds is 0. The molecule has 0 aromatic rings. The summed E-state index contributed by atoms with van der Waals surface area (Å²) in [6.45, 7) is 1.41. The van der Waals surface area contributed by atoms with Crippen molar-refractivity contribution in [1.82, 2.24) is 5.32 Å². The van der Waals surface area contributed by atoms with E-state index in [0.717, 1.165) is 6.54 Å². The molecule has 0 radical (unpaired) electrons. The fraction of sp³-hybridized carbons (Fsp3) is 1.00. The average molecular weight is 177 g/mol. The number of sulfone groups is 1. The van der Waals surface area contributed by atoms with Gasteiger partial charge in [-0.2, -0.15) is 0 Å². The summed E-state index contributed by atoms with van der Waals surface area (Å²) in [5, 5.41) is 3.13. The summed E-state index contributed by atoms with van der Waals surface area (Å²) >= 11 is 0. The third-order valence-electron chi connectivity index (χ3n) is 2.14. The maximum atomic E-state index is 11.1. The Bertz CT molecular complexity index is 229. The second-order valence-corrected chi connectivity index (χ2v) is 5.20. The molecule has 2 rings (SSSR count). The van der Waals surface area contributed by atoms with Crippen molar-refractivity contribution >= 4 is 9.84 Å². The van der Waals surface area contributed by atoms with Gasteiger partial charge in [0.2, 0.25) is 0 Å². The lowest BCUT2D eigenvalue weighted by atomic mass is 10.2. The molecule has 1 N–H and O–H groups in total. The second-order valence-electron chi connectivity index (χ2n) is 3.05. The monoisotopic (exact) mass is 177 g/mol. The molecule has 2 aliphatic rings. The van der Waals surface area contributed by atoms with Crippen molar-refractivity contribution in [2.45, 2.75) is 12.1 Å². The topological polar surface area (TPSA) is 55.4 Å². The Morgan fingerprint density at radius 3 is 2.91 bits per heavy atom. The molecule has 64 valence electrons. The average Bonchev–Trinajstić information content (AvgIpc) is 2.21. The molecule has 2 fully saturated rings. The lowest BCUT2D eigenvalue weighted by molar-refractivity contribution is 0.0224. The number of morpholine rings is 1. The summed E-state index contributed by atoms with van der Waals surface area (Å²) in [6.07, 6.45) is -0.0891. The maximum Gasteiger partial charge on any atom is 0.154 e. The highest BCUT2D eigenvalue weighted by Crippen LogP contribution is 2.17. The Labute approximate surface area is 65.8 Å². The van der Waals surface area contributed by atoms with Gasteiger partial charge in [0, 0.05) is 12.6 Å². The standard InChI is InChI=1S/C6H11NO3S/c8-11(9)3-5-6(4-11)10-2-1-7-5/h5-7H,1-4H2/t5-,6+/m1/s1. The Kier molecular flexibility index (Phi) is 1.66. The van der Waals surface area contributed by atoms with Crippen LogP contribution in [0.15, 0.2) is 0 Å². The third kappa shape index (κ3) is 1.40. The fourth-order valence-electron chi connectivity index (χ4n) is 1.62. The zero-order valence-electron chi connectivity index (χ0n) is 6.12. The van der Waals surface area contributed by atoms with E-state index in [1.807, 2.05) is 0 Å². The van der Waals surface area contributed by atoms with E-state index < -0.39 is 9.84 Å². The van der Waals surface area contributed by atoms with Crippen LogP contribution in [-0.2, 0) is 14.6 Å². The molecule has 0 aliphatic carbocycles. The molecule has 0 saturated carbocycles. The lowest BCUT2D eigenvalue weighted by Crippen LogP contribution is -2.47. The van der Waals surface area contributed by atoms with E-state index >= 15 is 0 Å². The molecule has 0 amide bonds. The first kappa shape index (κ1) is 7.52. The van der Waals surface area contributed by atoms with Crippen LogP contribution < -0.4 is 5.32 Å². The van der Waals surface area contributed by atoms with Gasteiger partial charge in [0.05, 0.1) is 24.2 Å². The molecule has 2 atom stereocenters. The number of ether oxygens (including phenoxy) is 1. The van der Waals surface area contributed by atoms with Crippen LogP contribution in [0.5, 0.6) is 0 Å². The second kappa shape index (κ2) is 2.43. The van der Waals surface area contributed by atoms with Crippen LogP contribution in [0, 0.1) is 0 Å². The molecule has 0 bridgehead atoms. The molecule has 0 aromatic carbocycles. The van der Waals surface area contributed by atoms with Crippen molar-refractivity contribution in [3.63, 3.8) is 0 Å². The van der Waals surface area contributed by atoms with Gasteiger partial charge >= 0.3 is 0 Å². The van der Waals surface area contributed by atoms with Gasteiger partial charge in [-0.15, -0.1) is 0 Å². The summed E-state index contributed by atoms with van der Waals surface area (Å²) < 4.78 is 27.4. The van der Waals surface area contributed by atoms with E-state index in [-0.39, 0.29) is 23.7 Å². The van der Waals surface area contributed by atoms with Crippen LogP contribution in [0.3, 0.4) is 0 Å². The molecule has 0 unspecified atom stereocenters. The molecule has 5 heteroatoms. The number of nitrogens with one attached hydrogen (secondary N) is 1. The first-order valence-corrected chi connectivity index (χ1v) is 5.55. The van der Waals surface area contributed by atoms with Gasteiger partial charge in [-0.1, -0.05) is 0 Å². The minimum atomic E-state index is -2.82. The van der Waals surface area contributed by atoms with Gasteiger partial charge in [-0.25, -0.2) is 8.42 Å². The first-order chi connectivity index (χ1) is 5.17. The van der Waals surface area contributed by atoms with Gasteiger partial charge in [0.1, 0.15) is 0 Å². The van der Waals surface area contributed by atoms with E-state index in [4.69, 9.17) is 4.74 Å². The minimum Gasteiger partial charge on any atom is -0.374 e. The van der Waals surface area contributed by atoms with Crippen molar-refractivity contribution in [3.05, 3.63) is 0 Å². The Morgan fingerprint density at radius 2 is 2.18 bits per heavy atom. The molecular formula is C6H11NO3S. The lowest BCUT2D eigenvalue weighted by Gasteiger charge is -2.25. The highest BCUT2D eigenvalue weighted by atomic mass is 32.2. The molecule has 2 saturated heterocycles. The number of fused-ring (bicyclic) bond motifs is 1. The highest BCUT2D eigenvalue weighted by Gasteiger charge is 2.39.